The van der Waals surface area contributed by atoms with Crippen LogP contribution in [0.2, 0.25) is 0 Å². The van der Waals surface area contributed by atoms with Crippen molar-refractivity contribution in [3.63, 3.8) is 0 Å². The van der Waals surface area contributed by atoms with E-state index in [1.807, 2.05) is 0 Å². The number of nitrogens with zero attached hydrogens (tertiary/aromatic N) is 1. The minimum absolute atomic E-state index is 0.0379. The highest BCUT2D eigenvalue weighted by atomic mass is 19.4. The molecule has 0 fully saturated rings. The summed E-state index contributed by atoms with van der Waals surface area (Å²) in [7, 11) is 0. The SMILES string of the molecule is C[C@@](O)(c1cc2cc(C#N)c(C(F)(F)F)cc2[nH]1)C(F)(F)F. The van der Waals surface area contributed by atoms with Gasteiger partial charge in [0, 0.05) is 10.9 Å². The molecule has 3 nitrogen and oxygen atoms in total. The molecule has 1 heterocycles. The Kier molecular flexibility index (Phi) is 3.41. The zero-order valence-electron chi connectivity index (χ0n) is 10.9. The topological polar surface area (TPSA) is 59.8 Å². The molecule has 0 bridgehead atoms. The zero-order valence-corrected chi connectivity index (χ0v) is 10.9. The van der Waals surface area contributed by atoms with Crippen molar-refractivity contribution in [3.05, 3.63) is 35.0 Å². The van der Waals surface area contributed by atoms with Crippen molar-refractivity contribution >= 4 is 10.9 Å². The van der Waals surface area contributed by atoms with Gasteiger partial charge in [-0.25, -0.2) is 0 Å². The van der Waals surface area contributed by atoms with Crippen LogP contribution >= 0.6 is 0 Å². The monoisotopic (exact) mass is 322 g/mol. The quantitative estimate of drug-likeness (QED) is 0.784. The fourth-order valence-corrected chi connectivity index (χ4v) is 1.92. The number of rotatable bonds is 1. The summed E-state index contributed by atoms with van der Waals surface area (Å²) in [6.45, 7) is 0.480. The number of halogens is 6. The third-order valence-electron chi connectivity index (χ3n) is 3.26. The van der Waals surface area contributed by atoms with Gasteiger partial charge < -0.3 is 10.1 Å². The van der Waals surface area contributed by atoms with E-state index in [4.69, 9.17) is 5.26 Å². The molecule has 0 radical (unpaired) electrons. The van der Waals surface area contributed by atoms with Crippen molar-refractivity contribution in [2.45, 2.75) is 24.9 Å². The first-order valence-corrected chi connectivity index (χ1v) is 5.81. The fraction of sp³-hybridized carbons (Fsp3) is 0.308. The van der Waals surface area contributed by atoms with Crippen molar-refractivity contribution in [2.24, 2.45) is 0 Å². The second-order valence-electron chi connectivity index (χ2n) is 4.85. The Labute approximate surface area is 119 Å². The maximum Gasteiger partial charge on any atom is 0.422 e. The van der Waals surface area contributed by atoms with Crippen LogP contribution in [-0.2, 0) is 11.8 Å². The highest BCUT2D eigenvalue weighted by molar-refractivity contribution is 5.83. The van der Waals surface area contributed by atoms with E-state index >= 15 is 0 Å². The smallest absolute Gasteiger partial charge is 0.375 e. The van der Waals surface area contributed by atoms with Gasteiger partial charge in [0.25, 0.3) is 0 Å². The molecule has 2 aromatic rings. The first kappa shape index (κ1) is 16.2. The molecule has 22 heavy (non-hydrogen) atoms. The Morgan fingerprint density at radius 3 is 2.14 bits per heavy atom. The molecule has 0 saturated carbocycles. The number of nitrogens with one attached hydrogen (secondary N) is 1. The number of nitriles is 1. The van der Waals surface area contributed by atoms with Crippen molar-refractivity contribution in [3.8, 4) is 6.07 Å². The van der Waals surface area contributed by atoms with Crippen LogP contribution in [0.3, 0.4) is 0 Å². The molecule has 2 rings (SSSR count). The van der Waals surface area contributed by atoms with E-state index in [9.17, 15) is 31.4 Å². The van der Waals surface area contributed by atoms with Crippen LogP contribution in [0.5, 0.6) is 0 Å². The maximum atomic E-state index is 12.8. The molecule has 0 aliphatic rings. The number of hydrogen-bond donors (Lipinski definition) is 2. The second kappa shape index (κ2) is 4.64. The van der Waals surface area contributed by atoms with Crippen molar-refractivity contribution < 1.29 is 31.4 Å². The number of benzene rings is 1. The molecule has 118 valence electrons. The molecule has 9 heteroatoms. The number of alkyl halides is 6. The van der Waals surface area contributed by atoms with Gasteiger partial charge in [-0.2, -0.15) is 31.6 Å². The lowest BCUT2D eigenvalue weighted by molar-refractivity contribution is -0.260. The van der Waals surface area contributed by atoms with E-state index in [0.29, 0.717) is 13.0 Å². The van der Waals surface area contributed by atoms with Crippen molar-refractivity contribution in [2.75, 3.05) is 0 Å². The van der Waals surface area contributed by atoms with Gasteiger partial charge in [0.15, 0.2) is 5.60 Å². The van der Waals surface area contributed by atoms with E-state index in [1.54, 1.807) is 0 Å². The summed E-state index contributed by atoms with van der Waals surface area (Å²) in [5.41, 5.74) is -6.19. The van der Waals surface area contributed by atoms with E-state index in [-0.39, 0.29) is 10.9 Å². The zero-order chi connectivity index (χ0) is 16.9. The number of aromatic amines is 1. The molecule has 0 spiro atoms. The van der Waals surface area contributed by atoms with Crippen LogP contribution in [0.15, 0.2) is 18.2 Å². The average molecular weight is 322 g/mol. The van der Waals surface area contributed by atoms with E-state index in [0.717, 1.165) is 12.1 Å². The molecule has 0 aliphatic carbocycles. The van der Waals surface area contributed by atoms with Gasteiger partial charge in [0.2, 0.25) is 0 Å². The summed E-state index contributed by atoms with van der Waals surface area (Å²) < 4.78 is 76.7. The second-order valence-corrected chi connectivity index (χ2v) is 4.85. The highest BCUT2D eigenvalue weighted by Gasteiger charge is 2.52. The first-order chi connectivity index (χ1) is 9.88. The van der Waals surface area contributed by atoms with Gasteiger partial charge in [0.05, 0.1) is 22.9 Å². The lowest BCUT2D eigenvalue weighted by atomic mass is 10.0. The van der Waals surface area contributed by atoms with Gasteiger partial charge in [-0.3, -0.25) is 0 Å². The van der Waals surface area contributed by atoms with E-state index in [2.05, 4.69) is 4.98 Å². The minimum atomic E-state index is -5.02. The summed E-state index contributed by atoms with van der Waals surface area (Å²) in [6, 6.07) is 3.59. The number of aliphatic hydroxyl groups is 1. The van der Waals surface area contributed by atoms with Crippen LogP contribution in [0.25, 0.3) is 10.9 Å². The van der Waals surface area contributed by atoms with E-state index < -0.39 is 34.8 Å². The molecule has 1 aromatic carbocycles. The van der Waals surface area contributed by atoms with Crippen LogP contribution in [0, 0.1) is 11.3 Å². The van der Waals surface area contributed by atoms with Gasteiger partial charge in [0.1, 0.15) is 0 Å². The van der Waals surface area contributed by atoms with Crippen LogP contribution in [0.4, 0.5) is 26.3 Å². The van der Waals surface area contributed by atoms with Crippen LogP contribution in [0.1, 0.15) is 23.7 Å². The summed E-state index contributed by atoms with van der Waals surface area (Å²) in [5.74, 6) is 0. The third kappa shape index (κ3) is 2.50. The molecular formula is C13H8F6N2O. The Morgan fingerprint density at radius 1 is 1.09 bits per heavy atom. The molecule has 2 N–H and O–H groups in total. The minimum Gasteiger partial charge on any atom is -0.375 e. The Bertz CT molecular complexity index is 764. The van der Waals surface area contributed by atoms with Crippen molar-refractivity contribution in [1.29, 1.82) is 5.26 Å². The predicted molar refractivity (Wildman–Crippen MR) is 63.6 cm³/mol. The standard InChI is InChI=1S/C13H8F6N2O/c1-11(22,13(17,18)19)10-3-6-2-7(5-20)8(12(14,15)16)4-9(6)21-10/h2-4,21-22H,1H3/t11-/m1/s1. The lowest BCUT2D eigenvalue weighted by Crippen LogP contribution is -2.39. The van der Waals surface area contributed by atoms with Gasteiger partial charge in [-0.1, -0.05) is 0 Å². The number of hydrogen-bond acceptors (Lipinski definition) is 2. The Hall–Kier alpha value is -2.21. The van der Waals surface area contributed by atoms with Gasteiger partial charge in [-0.05, 0) is 25.1 Å². The molecule has 0 unspecified atom stereocenters. The number of aromatic nitrogens is 1. The predicted octanol–water partition coefficient (Wildman–Crippen LogP) is 3.83. The average Bonchev–Trinajstić information content (AvgIpc) is 2.77. The molecule has 1 aromatic heterocycles. The Balaban J connectivity index is 2.69. The van der Waals surface area contributed by atoms with Gasteiger partial charge in [-0.15, -0.1) is 0 Å². The van der Waals surface area contributed by atoms with Crippen LogP contribution < -0.4 is 0 Å². The summed E-state index contributed by atoms with van der Waals surface area (Å²) in [4.78, 5) is 2.13. The summed E-state index contributed by atoms with van der Waals surface area (Å²) >= 11 is 0. The van der Waals surface area contributed by atoms with Crippen molar-refractivity contribution in [1.82, 2.24) is 4.98 Å². The molecule has 0 saturated heterocycles. The largest absolute Gasteiger partial charge is 0.422 e. The molecule has 0 aliphatic heterocycles. The number of H-pyrrole nitrogens is 1. The molecule has 0 amide bonds. The number of fused-ring (bicyclic) bond motifs is 1. The van der Waals surface area contributed by atoms with Crippen LogP contribution in [-0.4, -0.2) is 16.3 Å². The molecule has 1 atom stereocenters. The van der Waals surface area contributed by atoms with Gasteiger partial charge >= 0.3 is 12.4 Å². The maximum absolute atomic E-state index is 12.8. The summed E-state index contributed by atoms with van der Waals surface area (Å²) in [5, 5.41) is 18.2. The molecular weight excluding hydrogens is 314 g/mol. The highest BCUT2D eigenvalue weighted by Crippen LogP contribution is 2.40. The third-order valence-corrected chi connectivity index (χ3v) is 3.26. The van der Waals surface area contributed by atoms with E-state index in [1.165, 1.54) is 6.07 Å². The Morgan fingerprint density at radius 2 is 1.68 bits per heavy atom. The first-order valence-electron chi connectivity index (χ1n) is 5.81. The lowest BCUT2D eigenvalue weighted by Gasteiger charge is -2.24. The summed E-state index contributed by atoms with van der Waals surface area (Å²) in [6.07, 6.45) is -9.84. The fourth-order valence-electron chi connectivity index (χ4n) is 1.92. The normalized spacial score (nSPS) is 15.6.